The molecule has 0 unspecified atom stereocenters. The molecule has 0 atom stereocenters. The first-order valence-electron chi connectivity index (χ1n) is 9.27. The van der Waals surface area contributed by atoms with Crippen LogP contribution in [0.5, 0.6) is 5.75 Å². The summed E-state index contributed by atoms with van der Waals surface area (Å²) in [6.45, 7) is 2.14. The molecule has 2 aromatic rings. The Morgan fingerprint density at radius 1 is 1.14 bits per heavy atom. The quantitative estimate of drug-likeness (QED) is 0.638. The number of hydrogen-bond donors (Lipinski definition) is 1. The fourth-order valence-corrected chi connectivity index (χ4v) is 4.52. The zero-order chi connectivity index (χ0) is 20.7. The Labute approximate surface area is 175 Å². The van der Waals surface area contributed by atoms with E-state index >= 15 is 0 Å². The number of benzene rings is 2. The van der Waals surface area contributed by atoms with E-state index in [4.69, 9.17) is 21.1 Å². The molecule has 0 spiro atoms. The maximum Gasteiger partial charge on any atom is 0.243 e. The second kappa shape index (κ2) is 10.1. The number of hydrogen-bond acceptors (Lipinski definition) is 5. The van der Waals surface area contributed by atoms with Crippen molar-refractivity contribution in [1.29, 1.82) is 0 Å². The third-order valence-electron chi connectivity index (χ3n) is 4.38. The van der Waals surface area contributed by atoms with Gasteiger partial charge in [0.05, 0.1) is 31.1 Å². The van der Waals surface area contributed by atoms with Gasteiger partial charge < -0.3 is 14.8 Å². The predicted octanol–water partition coefficient (Wildman–Crippen LogP) is 2.10. The molecule has 0 radical (unpaired) electrons. The van der Waals surface area contributed by atoms with Crippen LogP contribution in [0, 0.1) is 0 Å². The Kier molecular flexibility index (Phi) is 7.49. The summed E-state index contributed by atoms with van der Waals surface area (Å²) in [4.78, 5) is 12.2. The smallest absolute Gasteiger partial charge is 0.243 e. The van der Waals surface area contributed by atoms with Crippen molar-refractivity contribution in [3.8, 4) is 5.75 Å². The third kappa shape index (κ3) is 6.17. The van der Waals surface area contributed by atoms with E-state index in [0.717, 1.165) is 5.56 Å². The molecule has 1 N–H and O–H groups in total. The fourth-order valence-electron chi connectivity index (χ4n) is 2.90. The molecule has 1 fully saturated rings. The van der Waals surface area contributed by atoms with Gasteiger partial charge in [0.1, 0.15) is 12.4 Å². The Hall–Kier alpha value is -2.13. The molecule has 0 saturated carbocycles. The average molecular weight is 439 g/mol. The molecule has 0 aromatic heterocycles. The van der Waals surface area contributed by atoms with E-state index in [2.05, 4.69) is 5.32 Å². The van der Waals surface area contributed by atoms with E-state index in [-0.39, 0.29) is 23.8 Å². The summed E-state index contributed by atoms with van der Waals surface area (Å²) in [5, 5.41) is 3.37. The molecule has 2 aromatic carbocycles. The molecule has 29 heavy (non-hydrogen) atoms. The van der Waals surface area contributed by atoms with E-state index in [1.807, 2.05) is 6.07 Å². The largest absolute Gasteiger partial charge is 0.492 e. The summed E-state index contributed by atoms with van der Waals surface area (Å²) < 4.78 is 37.3. The minimum atomic E-state index is -3.52. The Morgan fingerprint density at radius 3 is 2.55 bits per heavy atom. The topological polar surface area (TPSA) is 84.9 Å². The summed E-state index contributed by atoms with van der Waals surface area (Å²) in [6, 6.07) is 13.4. The van der Waals surface area contributed by atoms with Gasteiger partial charge in [-0.05, 0) is 42.0 Å². The van der Waals surface area contributed by atoms with Crippen LogP contribution in [-0.4, -0.2) is 58.1 Å². The number of ether oxygens (including phenoxy) is 2. The molecule has 1 aliphatic heterocycles. The summed E-state index contributed by atoms with van der Waals surface area (Å²) in [5.41, 5.74) is 0.841. The van der Waals surface area contributed by atoms with Crippen LogP contribution >= 0.6 is 11.6 Å². The summed E-state index contributed by atoms with van der Waals surface area (Å²) in [5.74, 6) is 0.415. The van der Waals surface area contributed by atoms with Crippen molar-refractivity contribution in [2.24, 2.45) is 0 Å². The van der Waals surface area contributed by atoms with Crippen molar-refractivity contribution >= 4 is 27.5 Å². The highest BCUT2D eigenvalue weighted by Gasteiger charge is 2.26. The van der Waals surface area contributed by atoms with Gasteiger partial charge in [0.2, 0.25) is 15.9 Å². The molecule has 1 aliphatic rings. The van der Waals surface area contributed by atoms with E-state index in [1.54, 1.807) is 30.3 Å². The SMILES string of the molecule is O=C(Cc1cccc(Cl)c1)NCCOc1ccc(S(=O)(=O)N2CCOCC2)cc1. The molecule has 3 rings (SSSR count). The summed E-state index contributed by atoms with van der Waals surface area (Å²) in [6.07, 6.45) is 0.245. The van der Waals surface area contributed by atoms with Crippen LogP contribution in [0.4, 0.5) is 0 Å². The van der Waals surface area contributed by atoms with E-state index < -0.39 is 10.0 Å². The lowest BCUT2D eigenvalue weighted by atomic mass is 10.1. The van der Waals surface area contributed by atoms with Gasteiger partial charge in [-0.1, -0.05) is 23.7 Å². The van der Waals surface area contributed by atoms with Crippen molar-refractivity contribution in [3.63, 3.8) is 0 Å². The highest BCUT2D eigenvalue weighted by molar-refractivity contribution is 7.89. The Balaban J connectivity index is 1.43. The number of halogens is 1. The third-order valence-corrected chi connectivity index (χ3v) is 6.53. The standard InChI is InChI=1S/C20H23ClN2O5S/c21-17-3-1-2-16(14-17)15-20(24)22-8-11-28-18-4-6-19(7-5-18)29(25,26)23-9-12-27-13-10-23/h1-7,14H,8-13,15H2,(H,22,24). The highest BCUT2D eigenvalue weighted by Crippen LogP contribution is 2.20. The number of nitrogens with one attached hydrogen (secondary N) is 1. The molecular formula is C20H23ClN2O5S. The maximum atomic E-state index is 12.6. The number of sulfonamides is 1. The Morgan fingerprint density at radius 2 is 1.86 bits per heavy atom. The molecule has 0 bridgehead atoms. The summed E-state index contributed by atoms with van der Waals surface area (Å²) >= 11 is 5.91. The van der Waals surface area contributed by atoms with Crippen LogP contribution in [0.25, 0.3) is 0 Å². The van der Waals surface area contributed by atoms with Crippen LogP contribution in [0.1, 0.15) is 5.56 Å². The average Bonchev–Trinajstić information content (AvgIpc) is 2.72. The number of morpholine rings is 1. The number of carbonyl (C=O) groups excluding carboxylic acids is 1. The zero-order valence-electron chi connectivity index (χ0n) is 15.8. The first-order valence-corrected chi connectivity index (χ1v) is 11.1. The van der Waals surface area contributed by atoms with Gasteiger partial charge in [-0.15, -0.1) is 0 Å². The van der Waals surface area contributed by atoms with Gasteiger partial charge in [-0.3, -0.25) is 4.79 Å². The molecule has 0 aliphatic carbocycles. The van der Waals surface area contributed by atoms with Crippen molar-refractivity contribution in [1.82, 2.24) is 9.62 Å². The lowest BCUT2D eigenvalue weighted by Crippen LogP contribution is -2.40. The molecular weight excluding hydrogens is 416 g/mol. The van der Waals surface area contributed by atoms with Crippen molar-refractivity contribution in [2.45, 2.75) is 11.3 Å². The monoisotopic (exact) mass is 438 g/mol. The highest BCUT2D eigenvalue weighted by atomic mass is 35.5. The minimum Gasteiger partial charge on any atom is -0.492 e. The van der Waals surface area contributed by atoms with Crippen LogP contribution in [0.2, 0.25) is 5.02 Å². The molecule has 1 saturated heterocycles. The minimum absolute atomic E-state index is 0.122. The van der Waals surface area contributed by atoms with Gasteiger partial charge in [-0.2, -0.15) is 4.31 Å². The summed E-state index contributed by atoms with van der Waals surface area (Å²) in [7, 11) is -3.52. The second-order valence-corrected chi connectivity index (χ2v) is 8.87. The van der Waals surface area contributed by atoms with Gasteiger partial charge >= 0.3 is 0 Å². The molecule has 1 amide bonds. The number of nitrogens with zero attached hydrogens (tertiary/aromatic N) is 1. The van der Waals surface area contributed by atoms with Gasteiger partial charge in [0.25, 0.3) is 0 Å². The lowest BCUT2D eigenvalue weighted by Gasteiger charge is -2.26. The maximum absolute atomic E-state index is 12.6. The number of amides is 1. The van der Waals surface area contributed by atoms with Gasteiger partial charge in [0, 0.05) is 18.1 Å². The van der Waals surface area contributed by atoms with E-state index in [1.165, 1.54) is 16.4 Å². The lowest BCUT2D eigenvalue weighted by molar-refractivity contribution is -0.120. The van der Waals surface area contributed by atoms with E-state index in [0.29, 0.717) is 43.6 Å². The number of rotatable bonds is 8. The van der Waals surface area contributed by atoms with Crippen LogP contribution in [0.3, 0.4) is 0 Å². The fraction of sp³-hybridized carbons (Fsp3) is 0.350. The van der Waals surface area contributed by atoms with Crippen molar-refractivity contribution < 1.29 is 22.7 Å². The van der Waals surface area contributed by atoms with Gasteiger partial charge in [0.15, 0.2) is 0 Å². The van der Waals surface area contributed by atoms with Gasteiger partial charge in [-0.25, -0.2) is 8.42 Å². The van der Waals surface area contributed by atoms with Crippen LogP contribution < -0.4 is 10.1 Å². The van der Waals surface area contributed by atoms with Crippen LogP contribution in [0.15, 0.2) is 53.4 Å². The Bertz CT molecular complexity index is 928. The van der Waals surface area contributed by atoms with Crippen molar-refractivity contribution in [2.75, 3.05) is 39.5 Å². The number of carbonyl (C=O) groups is 1. The first-order chi connectivity index (χ1) is 13.9. The molecule has 7 nitrogen and oxygen atoms in total. The first kappa shape index (κ1) is 21.6. The van der Waals surface area contributed by atoms with E-state index in [9.17, 15) is 13.2 Å². The molecule has 9 heteroatoms. The van der Waals surface area contributed by atoms with Crippen LogP contribution in [-0.2, 0) is 26.0 Å². The molecule has 156 valence electrons. The van der Waals surface area contributed by atoms with Crippen molar-refractivity contribution in [3.05, 3.63) is 59.1 Å². The second-order valence-electron chi connectivity index (χ2n) is 6.49. The molecule has 1 heterocycles. The zero-order valence-corrected chi connectivity index (χ0v) is 17.4. The normalized spacial score (nSPS) is 15.1. The predicted molar refractivity (Wildman–Crippen MR) is 110 cm³/mol.